The lowest BCUT2D eigenvalue weighted by molar-refractivity contribution is -0.142. The van der Waals surface area contributed by atoms with Gasteiger partial charge in [0.1, 0.15) is 0 Å². The predicted octanol–water partition coefficient (Wildman–Crippen LogP) is 2.70. The molecule has 0 unspecified atom stereocenters. The Morgan fingerprint density at radius 1 is 1.29 bits per heavy atom. The van der Waals surface area contributed by atoms with Crippen LogP contribution in [0.1, 0.15) is 6.42 Å². The lowest BCUT2D eigenvalue weighted by Gasteiger charge is -2.11. The van der Waals surface area contributed by atoms with Gasteiger partial charge < -0.3 is 4.74 Å². The molecule has 0 bridgehead atoms. The van der Waals surface area contributed by atoms with Crippen LogP contribution in [-0.4, -0.2) is 25.9 Å². The van der Waals surface area contributed by atoms with E-state index in [1.165, 1.54) is 10.9 Å². The Balaban J connectivity index is 1.97. The summed E-state index contributed by atoms with van der Waals surface area (Å²) in [6, 6.07) is 7.07. The van der Waals surface area contributed by atoms with Gasteiger partial charge in [-0.2, -0.15) is 0 Å². The Bertz CT molecular complexity index is 710. The molecule has 1 heterocycles. The highest BCUT2D eigenvalue weighted by atomic mass is 35.6. The van der Waals surface area contributed by atoms with Crippen molar-refractivity contribution in [3.8, 4) is 0 Å². The van der Waals surface area contributed by atoms with Crippen molar-refractivity contribution in [3.63, 3.8) is 0 Å². The molecule has 0 fully saturated rings. The zero-order valence-electron chi connectivity index (χ0n) is 10.8. The summed E-state index contributed by atoms with van der Waals surface area (Å²) in [5.41, 5.74) is 0.495. The number of hydrogen-bond acceptors (Lipinski definition) is 4. The molecular weight excluding hydrogens is 339 g/mol. The van der Waals surface area contributed by atoms with Crippen molar-refractivity contribution in [1.82, 2.24) is 9.55 Å². The van der Waals surface area contributed by atoms with Gasteiger partial charge in [-0.3, -0.25) is 9.36 Å². The number of carbonyl (C=O) groups excluding carboxylic acids is 1. The number of aryl methyl sites for hydroxylation is 1. The van der Waals surface area contributed by atoms with E-state index in [1.54, 1.807) is 18.2 Å². The third kappa shape index (κ3) is 4.09. The van der Waals surface area contributed by atoms with Gasteiger partial charge in [0.25, 0.3) is 9.35 Å². The largest absolute Gasteiger partial charge is 0.462 e. The zero-order valence-corrected chi connectivity index (χ0v) is 13.0. The van der Waals surface area contributed by atoms with Crippen LogP contribution in [0.4, 0.5) is 0 Å². The standard InChI is InChI=1S/C13H11Cl3N2O3/c14-13(15,16)12(20)21-7-3-6-18-8-17-10-5-2-1-4-9(10)11(18)19/h1-2,4-5,8H,3,6-7H2. The van der Waals surface area contributed by atoms with E-state index in [0.29, 0.717) is 23.9 Å². The molecule has 0 saturated carbocycles. The lowest BCUT2D eigenvalue weighted by Crippen LogP contribution is -2.24. The molecule has 2 aromatic rings. The number of aromatic nitrogens is 2. The number of nitrogens with zero attached hydrogens (tertiary/aromatic N) is 2. The number of hydrogen-bond donors (Lipinski definition) is 0. The average Bonchev–Trinajstić information content (AvgIpc) is 2.44. The smallest absolute Gasteiger partial charge is 0.358 e. The molecule has 21 heavy (non-hydrogen) atoms. The van der Waals surface area contributed by atoms with Crippen LogP contribution in [0.15, 0.2) is 35.4 Å². The first-order valence-electron chi connectivity index (χ1n) is 6.08. The Morgan fingerprint density at radius 2 is 2.00 bits per heavy atom. The van der Waals surface area contributed by atoms with Crippen molar-refractivity contribution in [2.75, 3.05) is 6.61 Å². The second-order valence-corrected chi connectivity index (χ2v) is 6.53. The van der Waals surface area contributed by atoms with Crippen LogP contribution in [0, 0.1) is 0 Å². The van der Waals surface area contributed by atoms with Crippen molar-refractivity contribution in [1.29, 1.82) is 0 Å². The molecule has 0 radical (unpaired) electrons. The maximum absolute atomic E-state index is 12.2. The Hall–Kier alpha value is -1.30. The van der Waals surface area contributed by atoms with E-state index in [0.717, 1.165) is 0 Å². The van der Waals surface area contributed by atoms with Gasteiger partial charge in [0.2, 0.25) is 0 Å². The third-order valence-electron chi connectivity index (χ3n) is 2.74. The van der Waals surface area contributed by atoms with Crippen molar-refractivity contribution in [3.05, 3.63) is 40.9 Å². The summed E-state index contributed by atoms with van der Waals surface area (Å²) < 4.78 is 4.15. The topological polar surface area (TPSA) is 61.2 Å². The fraction of sp³-hybridized carbons (Fsp3) is 0.308. The fourth-order valence-electron chi connectivity index (χ4n) is 1.75. The Kier molecular flexibility index (Phi) is 5.08. The van der Waals surface area contributed by atoms with Gasteiger partial charge in [-0.05, 0) is 18.6 Å². The molecular formula is C13H11Cl3N2O3. The fourth-order valence-corrected chi connectivity index (χ4v) is 1.91. The molecule has 2 rings (SSSR count). The summed E-state index contributed by atoms with van der Waals surface area (Å²) >= 11 is 16.1. The van der Waals surface area contributed by atoms with E-state index in [4.69, 9.17) is 39.5 Å². The van der Waals surface area contributed by atoms with Crippen molar-refractivity contribution in [2.45, 2.75) is 16.8 Å². The molecule has 5 nitrogen and oxygen atoms in total. The minimum atomic E-state index is -2.08. The molecule has 0 N–H and O–H groups in total. The maximum atomic E-state index is 12.2. The number of para-hydroxylation sites is 1. The van der Waals surface area contributed by atoms with Crippen molar-refractivity contribution < 1.29 is 9.53 Å². The molecule has 1 aromatic carbocycles. The zero-order chi connectivity index (χ0) is 15.5. The van der Waals surface area contributed by atoms with Gasteiger partial charge >= 0.3 is 5.97 Å². The summed E-state index contributed by atoms with van der Waals surface area (Å²) in [6.45, 7) is 0.399. The average molecular weight is 350 g/mol. The molecule has 8 heteroatoms. The Morgan fingerprint density at radius 3 is 2.71 bits per heavy atom. The van der Waals surface area contributed by atoms with Gasteiger partial charge in [-0.15, -0.1) is 0 Å². The number of fused-ring (bicyclic) bond motifs is 1. The van der Waals surface area contributed by atoms with Crippen molar-refractivity contribution >= 4 is 51.7 Å². The van der Waals surface area contributed by atoms with Gasteiger partial charge in [0, 0.05) is 6.54 Å². The number of rotatable bonds is 4. The van der Waals surface area contributed by atoms with Gasteiger partial charge in [-0.1, -0.05) is 46.9 Å². The normalized spacial score (nSPS) is 11.6. The Labute approximate surface area is 135 Å². The number of carbonyl (C=O) groups is 1. The molecule has 0 aliphatic carbocycles. The highest BCUT2D eigenvalue weighted by Crippen LogP contribution is 2.27. The molecule has 0 aliphatic heterocycles. The summed E-state index contributed by atoms with van der Waals surface area (Å²) in [5, 5.41) is 0.540. The van der Waals surface area contributed by atoms with Crippen LogP contribution in [0.25, 0.3) is 10.9 Å². The number of esters is 1. The summed E-state index contributed by atoms with van der Waals surface area (Å²) in [7, 11) is 0. The maximum Gasteiger partial charge on any atom is 0.358 e. The first kappa shape index (κ1) is 16.1. The predicted molar refractivity (Wildman–Crippen MR) is 81.9 cm³/mol. The van der Waals surface area contributed by atoms with E-state index >= 15 is 0 Å². The summed E-state index contributed by atoms with van der Waals surface area (Å²) in [4.78, 5) is 27.6. The van der Waals surface area contributed by atoms with Crippen LogP contribution < -0.4 is 5.56 Å². The first-order valence-corrected chi connectivity index (χ1v) is 7.21. The second-order valence-electron chi connectivity index (χ2n) is 4.25. The van der Waals surface area contributed by atoms with E-state index < -0.39 is 9.76 Å². The second kappa shape index (κ2) is 6.64. The minimum absolute atomic E-state index is 0.0476. The van der Waals surface area contributed by atoms with E-state index in [1.807, 2.05) is 6.07 Å². The van der Waals surface area contributed by atoms with E-state index in [-0.39, 0.29) is 12.2 Å². The highest BCUT2D eigenvalue weighted by molar-refractivity contribution is 6.75. The molecule has 0 spiro atoms. The quantitative estimate of drug-likeness (QED) is 0.484. The summed E-state index contributed by atoms with van der Waals surface area (Å²) in [6.07, 6.45) is 1.87. The van der Waals surface area contributed by atoms with Crippen LogP contribution >= 0.6 is 34.8 Å². The van der Waals surface area contributed by atoms with Gasteiger partial charge in [-0.25, -0.2) is 9.78 Å². The van der Waals surface area contributed by atoms with Crippen LogP contribution in [0.5, 0.6) is 0 Å². The third-order valence-corrected chi connectivity index (χ3v) is 3.20. The first-order chi connectivity index (χ1) is 9.89. The van der Waals surface area contributed by atoms with Crippen LogP contribution in [0.2, 0.25) is 0 Å². The minimum Gasteiger partial charge on any atom is -0.462 e. The van der Waals surface area contributed by atoms with E-state index in [2.05, 4.69) is 4.98 Å². The number of ether oxygens (including phenoxy) is 1. The van der Waals surface area contributed by atoms with Gasteiger partial charge in [0.15, 0.2) is 0 Å². The monoisotopic (exact) mass is 348 g/mol. The lowest BCUT2D eigenvalue weighted by atomic mass is 10.2. The molecule has 0 saturated heterocycles. The number of alkyl halides is 3. The molecule has 0 amide bonds. The highest BCUT2D eigenvalue weighted by Gasteiger charge is 2.32. The number of halogens is 3. The van der Waals surface area contributed by atoms with Crippen LogP contribution in [-0.2, 0) is 16.1 Å². The SMILES string of the molecule is O=C(OCCCn1cnc2ccccc2c1=O)C(Cl)(Cl)Cl. The van der Waals surface area contributed by atoms with Crippen LogP contribution in [0.3, 0.4) is 0 Å². The van der Waals surface area contributed by atoms with Crippen molar-refractivity contribution in [2.24, 2.45) is 0 Å². The van der Waals surface area contributed by atoms with Gasteiger partial charge in [0.05, 0.1) is 23.8 Å². The molecule has 1 aromatic heterocycles. The number of benzene rings is 1. The molecule has 112 valence electrons. The summed E-state index contributed by atoms with van der Waals surface area (Å²) in [5.74, 6) is -0.934. The molecule has 0 atom stereocenters. The van der Waals surface area contributed by atoms with E-state index in [9.17, 15) is 9.59 Å². The molecule has 0 aliphatic rings.